The fourth-order valence-electron chi connectivity index (χ4n) is 3.30. The van der Waals surface area contributed by atoms with Crippen molar-refractivity contribution in [1.29, 1.82) is 0 Å². The summed E-state index contributed by atoms with van der Waals surface area (Å²) in [6.07, 6.45) is 4.93. The number of pyridine rings is 1. The van der Waals surface area contributed by atoms with Crippen molar-refractivity contribution in [3.63, 3.8) is 0 Å². The molecule has 3 rings (SSSR count). The smallest absolute Gasteiger partial charge is 0.259 e. The van der Waals surface area contributed by atoms with E-state index in [4.69, 9.17) is 0 Å². The number of hydrogen-bond donors (Lipinski definition) is 1. The minimum Gasteiger partial charge on any atom is -0.364 e. The molecule has 2 aliphatic rings. The first-order chi connectivity index (χ1) is 9.65. The van der Waals surface area contributed by atoms with Gasteiger partial charge < -0.3 is 9.88 Å². The van der Waals surface area contributed by atoms with Crippen molar-refractivity contribution in [3.05, 3.63) is 33.7 Å². The Bertz CT molecular complexity index is 566. The third kappa shape index (κ3) is 2.50. The lowest BCUT2D eigenvalue weighted by atomic mass is 10.1. The van der Waals surface area contributed by atoms with Gasteiger partial charge in [-0.2, -0.15) is 0 Å². The third-order valence-corrected chi connectivity index (χ3v) is 4.38. The van der Waals surface area contributed by atoms with E-state index in [2.05, 4.69) is 9.88 Å². The number of nitrogens with zero attached hydrogens (tertiary/aromatic N) is 2. The molecule has 20 heavy (non-hydrogen) atoms. The number of carbonyl (C=O) groups is 1. The molecule has 1 atom stereocenters. The molecule has 2 saturated heterocycles. The summed E-state index contributed by atoms with van der Waals surface area (Å²) in [7, 11) is 0. The number of amides is 1. The quantitative estimate of drug-likeness (QED) is 0.831. The van der Waals surface area contributed by atoms with Gasteiger partial charge in [0, 0.05) is 43.6 Å². The summed E-state index contributed by atoms with van der Waals surface area (Å²) < 4.78 is 0. The van der Waals surface area contributed by atoms with Crippen LogP contribution in [0.15, 0.2) is 17.1 Å². The predicted octanol–water partition coefficient (Wildman–Crippen LogP) is 0.994. The first-order valence-electron chi connectivity index (χ1n) is 7.38. The molecule has 0 spiro atoms. The zero-order valence-electron chi connectivity index (χ0n) is 11.9. The van der Waals surface area contributed by atoms with Crippen molar-refractivity contribution >= 4 is 5.91 Å². The van der Waals surface area contributed by atoms with Crippen molar-refractivity contribution in [3.8, 4) is 0 Å². The van der Waals surface area contributed by atoms with E-state index in [-0.39, 0.29) is 16.9 Å². The van der Waals surface area contributed by atoms with E-state index in [0.717, 1.165) is 44.7 Å². The normalized spacial score (nSPS) is 23.4. The molecular weight excluding hydrogens is 254 g/mol. The van der Waals surface area contributed by atoms with Crippen molar-refractivity contribution in [2.24, 2.45) is 0 Å². The Morgan fingerprint density at radius 2 is 2.10 bits per heavy atom. The lowest BCUT2D eigenvalue weighted by Gasteiger charge is -2.25. The number of aromatic amines is 1. The molecule has 5 heteroatoms. The van der Waals surface area contributed by atoms with Crippen LogP contribution in [0, 0.1) is 6.92 Å². The first kappa shape index (κ1) is 13.4. The second-order valence-corrected chi connectivity index (χ2v) is 5.83. The molecule has 0 aliphatic carbocycles. The highest BCUT2D eigenvalue weighted by atomic mass is 16.2. The number of carbonyl (C=O) groups excluding carboxylic acids is 1. The van der Waals surface area contributed by atoms with E-state index in [1.54, 1.807) is 6.20 Å². The molecule has 108 valence electrons. The summed E-state index contributed by atoms with van der Waals surface area (Å²) >= 11 is 0. The Morgan fingerprint density at radius 1 is 1.30 bits per heavy atom. The van der Waals surface area contributed by atoms with E-state index in [1.807, 2.05) is 11.8 Å². The van der Waals surface area contributed by atoms with Crippen molar-refractivity contribution < 1.29 is 4.79 Å². The largest absolute Gasteiger partial charge is 0.364 e. The highest BCUT2D eigenvalue weighted by molar-refractivity contribution is 5.93. The van der Waals surface area contributed by atoms with Crippen LogP contribution in [0.5, 0.6) is 0 Å². The van der Waals surface area contributed by atoms with Gasteiger partial charge >= 0.3 is 0 Å². The summed E-state index contributed by atoms with van der Waals surface area (Å²) in [6, 6.07) is 1.97. The molecular formula is C15H21N3O2. The maximum atomic E-state index is 12.6. The molecule has 0 saturated carbocycles. The summed E-state index contributed by atoms with van der Waals surface area (Å²) in [5.41, 5.74) is 0.866. The maximum absolute atomic E-state index is 12.6. The molecule has 1 aromatic heterocycles. The molecule has 2 fully saturated rings. The molecule has 3 heterocycles. The van der Waals surface area contributed by atoms with E-state index in [9.17, 15) is 9.59 Å². The fourth-order valence-corrected chi connectivity index (χ4v) is 3.30. The monoisotopic (exact) mass is 275 g/mol. The standard InChI is InChI=1S/C15H21N3O2/c1-11-8-14(19)13(9-16-11)15(20)18-7-3-6-17-5-2-4-12(17)10-18/h8-9,12H,2-7,10H2,1H3,(H,16,19). The molecule has 2 aliphatic heterocycles. The average molecular weight is 275 g/mol. The molecule has 1 unspecified atom stereocenters. The fraction of sp³-hybridized carbons (Fsp3) is 0.600. The number of aryl methyl sites for hydroxylation is 1. The highest BCUT2D eigenvalue weighted by Crippen LogP contribution is 2.21. The van der Waals surface area contributed by atoms with Gasteiger partial charge in [0.1, 0.15) is 5.56 Å². The van der Waals surface area contributed by atoms with Crippen molar-refractivity contribution in [2.45, 2.75) is 32.2 Å². The van der Waals surface area contributed by atoms with Gasteiger partial charge in [0.2, 0.25) is 0 Å². The molecule has 5 nitrogen and oxygen atoms in total. The van der Waals surface area contributed by atoms with Gasteiger partial charge in [0.15, 0.2) is 5.43 Å². The average Bonchev–Trinajstić information content (AvgIpc) is 2.75. The highest BCUT2D eigenvalue weighted by Gasteiger charge is 2.31. The van der Waals surface area contributed by atoms with Crippen LogP contribution in [0.3, 0.4) is 0 Å². The predicted molar refractivity (Wildman–Crippen MR) is 76.9 cm³/mol. The number of hydrogen-bond acceptors (Lipinski definition) is 3. The van der Waals surface area contributed by atoms with Crippen LogP contribution in [0.4, 0.5) is 0 Å². The molecule has 0 aromatic carbocycles. The van der Waals surface area contributed by atoms with E-state index < -0.39 is 0 Å². The molecule has 0 radical (unpaired) electrons. The van der Waals surface area contributed by atoms with Crippen LogP contribution in [0.1, 0.15) is 35.3 Å². The van der Waals surface area contributed by atoms with Gasteiger partial charge in [-0.05, 0) is 32.7 Å². The lowest BCUT2D eigenvalue weighted by Crippen LogP contribution is -2.41. The van der Waals surface area contributed by atoms with Gasteiger partial charge in [-0.1, -0.05) is 0 Å². The first-order valence-corrected chi connectivity index (χ1v) is 7.38. The van der Waals surface area contributed by atoms with Crippen molar-refractivity contribution in [2.75, 3.05) is 26.2 Å². The van der Waals surface area contributed by atoms with E-state index >= 15 is 0 Å². The van der Waals surface area contributed by atoms with Gasteiger partial charge in [-0.3, -0.25) is 14.5 Å². The second-order valence-electron chi connectivity index (χ2n) is 5.83. The zero-order valence-corrected chi connectivity index (χ0v) is 11.9. The number of fused-ring (bicyclic) bond motifs is 1. The minimum atomic E-state index is -0.182. The van der Waals surface area contributed by atoms with Gasteiger partial charge in [-0.15, -0.1) is 0 Å². The molecule has 1 N–H and O–H groups in total. The molecule has 1 amide bonds. The van der Waals surface area contributed by atoms with E-state index in [0.29, 0.717) is 6.04 Å². The summed E-state index contributed by atoms with van der Waals surface area (Å²) in [6.45, 7) is 5.54. The minimum absolute atomic E-state index is 0.125. The number of H-pyrrole nitrogens is 1. The SMILES string of the molecule is Cc1cc(=O)c(C(=O)N2CCCN3CCCC3C2)c[nH]1. The number of nitrogens with one attached hydrogen (secondary N) is 1. The van der Waals surface area contributed by atoms with Crippen LogP contribution >= 0.6 is 0 Å². The van der Waals surface area contributed by atoms with Crippen LogP contribution < -0.4 is 5.43 Å². The molecule has 1 aromatic rings. The van der Waals surface area contributed by atoms with Gasteiger partial charge in [-0.25, -0.2) is 0 Å². The Kier molecular flexibility index (Phi) is 3.61. The van der Waals surface area contributed by atoms with Crippen LogP contribution in [0.25, 0.3) is 0 Å². The number of rotatable bonds is 1. The summed E-state index contributed by atoms with van der Waals surface area (Å²) in [5.74, 6) is -0.125. The van der Waals surface area contributed by atoms with Crippen LogP contribution in [-0.4, -0.2) is 52.9 Å². The summed E-state index contributed by atoms with van der Waals surface area (Å²) in [4.78, 5) is 31.8. The Morgan fingerprint density at radius 3 is 2.90 bits per heavy atom. The topological polar surface area (TPSA) is 56.4 Å². The number of aromatic nitrogens is 1. The molecule has 0 bridgehead atoms. The van der Waals surface area contributed by atoms with Crippen LogP contribution in [0.2, 0.25) is 0 Å². The maximum Gasteiger partial charge on any atom is 0.259 e. The lowest BCUT2D eigenvalue weighted by molar-refractivity contribution is 0.0741. The van der Waals surface area contributed by atoms with Gasteiger partial charge in [0.25, 0.3) is 5.91 Å². The second kappa shape index (κ2) is 5.40. The van der Waals surface area contributed by atoms with Gasteiger partial charge in [0.05, 0.1) is 0 Å². The van der Waals surface area contributed by atoms with Crippen molar-refractivity contribution in [1.82, 2.24) is 14.8 Å². The third-order valence-electron chi connectivity index (χ3n) is 4.38. The zero-order chi connectivity index (χ0) is 14.1. The Hall–Kier alpha value is -1.62. The van der Waals surface area contributed by atoms with Crippen LogP contribution in [-0.2, 0) is 0 Å². The Balaban J connectivity index is 1.80. The van der Waals surface area contributed by atoms with E-state index in [1.165, 1.54) is 12.5 Å². The summed E-state index contributed by atoms with van der Waals surface area (Å²) in [5, 5.41) is 0. The Labute approximate surface area is 118 Å².